The molecule has 3 rings (SSSR count). The molecule has 0 spiro atoms. The van der Waals surface area contributed by atoms with Crippen LogP contribution in [0.4, 0.5) is 0 Å². The van der Waals surface area contributed by atoms with Gasteiger partial charge in [0.15, 0.2) is 4.34 Å². The third-order valence-electron chi connectivity index (χ3n) is 2.83. The van der Waals surface area contributed by atoms with Crippen LogP contribution in [0, 0.1) is 0 Å². The second kappa shape index (κ2) is 6.07. The van der Waals surface area contributed by atoms with Gasteiger partial charge in [-0.05, 0) is 12.1 Å². The topological polar surface area (TPSA) is 45.5 Å². The molecule has 0 saturated heterocycles. The summed E-state index contributed by atoms with van der Waals surface area (Å²) < 4.78 is 2.17. The van der Waals surface area contributed by atoms with Crippen LogP contribution in [0.3, 0.4) is 0 Å². The van der Waals surface area contributed by atoms with Gasteiger partial charge in [-0.15, -0.1) is 11.3 Å². The monoisotopic (exact) mass is 300 g/mol. The van der Waals surface area contributed by atoms with E-state index in [2.05, 4.69) is 16.2 Å². The van der Waals surface area contributed by atoms with E-state index in [1.807, 2.05) is 48.5 Å². The van der Waals surface area contributed by atoms with Crippen molar-refractivity contribution in [2.45, 2.75) is 4.34 Å². The Hall–Kier alpha value is -1.85. The number of hydrogen-bond donors (Lipinski definition) is 1. The van der Waals surface area contributed by atoms with Gasteiger partial charge in [0.1, 0.15) is 0 Å². The van der Waals surface area contributed by atoms with Crippen LogP contribution in [0.15, 0.2) is 64.1 Å². The quantitative estimate of drug-likeness (QED) is 0.339. The fraction of sp³-hybridized carbons (Fsp3) is 0.0667. The van der Waals surface area contributed by atoms with E-state index in [0.29, 0.717) is 11.5 Å². The molecule has 0 aliphatic carbocycles. The van der Waals surface area contributed by atoms with E-state index in [1.165, 1.54) is 4.70 Å². The highest BCUT2D eigenvalue weighted by Crippen LogP contribution is 2.29. The molecular weight excluding hydrogens is 288 g/mol. The number of fused-ring (bicyclic) bond motifs is 1. The summed E-state index contributed by atoms with van der Waals surface area (Å²) in [5.74, 6) is 0.598. The Morgan fingerprint density at radius 3 is 2.60 bits per heavy atom. The Labute approximate surface area is 125 Å². The molecule has 100 valence electrons. The Bertz CT molecular complexity index is 705. The van der Waals surface area contributed by atoms with E-state index in [4.69, 9.17) is 5.21 Å². The van der Waals surface area contributed by atoms with Gasteiger partial charge in [0.2, 0.25) is 0 Å². The molecule has 0 amide bonds. The molecule has 0 bridgehead atoms. The molecule has 1 N–H and O–H groups in total. The Morgan fingerprint density at radius 2 is 1.85 bits per heavy atom. The number of para-hydroxylation sites is 1. The molecule has 0 radical (unpaired) electrons. The second-order valence-corrected chi connectivity index (χ2v) is 6.40. The van der Waals surface area contributed by atoms with Crippen molar-refractivity contribution >= 4 is 39.0 Å². The smallest absolute Gasteiger partial charge is 0.151 e. The Kier molecular flexibility index (Phi) is 3.99. The van der Waals surface area contributed by atoms with Crippen LogP contribution in [0.1, 0.15) is 5.56 Å². The van der Waals surface area contributed by atoms with E-state index < -0.39 is 0 Å². The summed E-state index contributed by atoms with van der Waals surface area (Å²) >= 11 is 3.25. The number of benzene rings is 2. The molecule has 0 fully saturated rings. The first kappa shape index (κ1) is 13.1. The summed E-state index contributed by atoms with van der Waals surface area (Å²) in [6, 6.07) is 17.8. The van der Waals surface area contributed by atoms with Gasteiger partial charge in [-0.1, -0.05) is 59.4 Å². The molecule has 5 heteroatoms. The largest absolute Gasteiger partial charge is 0.411 e. The lowest BCUT2D eigenvalue weighted by molar-refractivity contribution is 0.319. The first-order chi connectivity index (χ1) is 9.86. The van der Waals surface area contributed by atoms with Crippen molar-refractivity contribution in [3.05, 3.63) is 60.2 Å². The molecule has 3 nitrogen and oxygen atoms in total. The molecule has 0 saturated carbocycles. The lowest BCUT2D eigenvalue weighted by atomic mass is 10.1. The lowest BCUT2D eigenvalue weighted by Crippen LogP contribution is -2.03. The second-order valence-electron chi connectivity index (χ2n) is 4.15. The van der Waals surface area contributed by atoms with Crippen LogP contribution in [-0.4, -0.2) is 21.7 Å². The Morgan fingerprint density at radius 1 is 1.10 bits per heavy atom. The maximum Gasteiger partial charge on any atom is 0.151 e. The highest BCUT2D eigenvalue weighted by molar-refractivity contribution is 8.01. The molecular formula is C15H12N2OS2. The van der Waals surface area contributed by atoms with Gasteiger partial charge in [-0.25, -0.2) is 4.98 Å². The first-order valence-electron chi connectivity index (χ1n) is 6.11. The minimum Gasteiger partial charge on any atom is -0.411 e. The average Bonchev–Trinajstić information content (AvgIpc) is 2.92. The summed E-state index contributed by atoms with van der Waals surface area (Å²) in [7, 11) is 0. The van der Waals surface area contributed by atoms with Crippen LogP contribution >= 0.6 is 23.1 Å². The maximum absolute atomic E-state index is 9.15. The number of aromatic nitrogens is 1. The summed E-state index contributed by atoms with van der Waals surface area (Å²) in [6.07, 6.45) is 0. The predicted octanol–water partition coefficient (Wildman–Crippen LogP) is 4.27. The van der Waals surface area contributed by atoms with Gasteiger partial charge in [0.25, 0.3) is 0 Å². The Balaban J connectivity index is 1.75. The molecule has 20 heavy (non-hydrogen) atoms. The summed E-state index contributed by atoms with van der Waals surface area (Å²) in [4.78, 5) is 4.56. The van der Waals surface area contributed by atoms with Crippen molar-refractivity contribution in [2.75, 3.05) is 5.75 Å². The molecule has 1 aromatic heterocycles. The molecule has 1 heterocycles. The third-order valence-corrected chi connectivity index (χ3v) is 5.02. The van der Waals surface area contributed by atoms with Crippen molar-refractivity contribution in [2.24, 2.45) is 5.16 Å². The zero-order valence-electron chi connectivity index (χ0n) is 10.6. The highest BCUT2D eigenvalue weighted by atomic mass is 32.2. The fourth-order valence-electron chi connectivity index (χ4n) is 1.84. The summed E-state index contributed by atoms with van der Waals surface area (Å²) in [5, 5.41) is 12.6. The van der Waals surface area contributed by atoms with Crippen molar-refractivity contribution in [3.8, 4) is 0 Å². The van der Waals surface area contributed by atoms with Crippen molar-refractivity contribution in [1.29, 1.82) is 0 Å². The van der Waals surface area contributed by atoms with E-state index in [9.17, 15) is 0 Å². The van der Waals surface area contributed by atoms with E-state index >= 15 is 0 Å². The summed E-state index contributed by atoms with van der Waals surface area (Å²) in [5.41, 5.74) is 2.61. The fourth-order valence-corrected chi connectivity index (χ4v) is 3.87. The highest BCUT2D eigenvalue weighted by Gasteiger charge is 2.08. The molecule has 0 atom stereocenters. The number of thiazole rings is 1. The molecule has 3 aromatic rings. The van der Waals surface area contributed by atoms with Gasteiger partial charge in [0, 0.05) is 11.3 Å². The van der Waals surface area contributed by atoms with Crippen LogP contribution in [0.5, 0.6) is 0 Å². The molecule has 2 aromatic carbocycles. The van der Waals surface area contributed by atoms with E-state index in [0.717, 1.165) is 15.4 Å². The summed E-state index contributed by atoms with van der Waals surface area (Å²) in [6.45, 7) is 0. The number of thioether (sulfide) groups is 1. The standard InChI is InChI=1S/C15H12N2OS2/c18-17-13(11-6-2-1-3-7-11)10-19-15-16-12-8-4-5-9-14(12)20-15/h1-9,18H,10H2/b17-13+. The zero-order valence-corrected chi connectivity index (χ0v) is 12.2. The normalized spacial score (nSPS) is 11.9. The molecule has 0 aliphatic heterocycles. The van der Waals surface area contributed by atoms with E-state index in [-0.39, 0.29) is 0 Å². The lowest BCUT2D eigenvalue weighted by Gasteiger charge is -2.02. The number of oxime groups is 1. The minimum absolute atomic E-state index is 0.598. The SMILES string of the molecule is O/N=C(\CSc1nc2ccccc2s1)c1ccccc1. The predicted molar refractivity (Wildman–Crippen MR) is 85.1 cm³/mol. The van der Waals surface area contributed by atoms with Crippen molar-refractivity contribution in [1.82, 2.24) is 4.98 Å². The number of nitrogens with zero attached hydrogens (tertiary/aromatic N) is 2. The number of hydrogen-bond acceptors (Lipinski definition) is 5. The van der Waals surface area contributed by atoms with Crippen LogP contribution in [-0.2, 0) is 0 Å². The average molecular weight is 300 g/mol. The van der Waals surface area contributed by atoms with Crippen LogP contribution in [0.2, 0.25) is 0 Å². The van der Waals surface area contributed by atoms with Gasteiger partial charge in [0.05, 0.1) is 15.9 Å². The molecule has 0 aliphatic rings. The van der Waals surface area contributed by atoms with Gasteiger partial charge >= 0.3 is 0 Å². The number of rotatable bonds is 4. The molecule has 0 unspecified atom stereocenters. The van der Waals surface area contributed by atoms with E-state index in [1.54, 1.807) is 23.1 Å². The first-order valence-corrected chi connectivity index (χ1v) is 7.92. The zero-order chi connectivity index (χ0) is 13.8. The van der Waals surface area contributed by atoms with Crippen LogP contribution in [0.25, 0.3) is 10.2 Å². The van der Waals surface area contributed by atoms with Crippen molar-refractivity contribution < 1.29 is 5.21 Å². The van der Waals surface area contributed by atoms with Crippen molar-refractivity contribution in [3.63, 3.8) is 0 Å². The van der Waals surface area contributed by atoms with Crippen LogP contribution < -0.4 is 0 Å². The van der Waals surface area contributed by atoms with Gasteiger partial charge in [-0.2, -0.15) is 0 Å². The third kappa shape index (κ3) is 2.84. The van der Waals surface area contributed by atoms with Gasteiger partial charge < -0.3 is 5.21 Å². The van der Waals surface area contributed by atoms with Gasteiger partial charge in [-0.3, -0.25) is 0 Å². The maximum atomic E-state index is 9.15. The minimum atomic E-state index is 0.598.